The van der Waals surface area contributed by atoms with E-state index in [9.17, 15) is 14.2 Å². The minimum atomic E-state index is -4.10. The Labute approximate surface area is 127 Å². The molecule has 1 atom stereocenters. The van der Waals surface area contributed by atoms with Gasteiger partial charge in [0.15, 0.2) is 0 Å². The van der Waals surface area contributed by atoms with Crippen LogP contribution in [0.4, 0.5) is 5.69 Å². The lowest BCUT2D eigenvalue weighted by molar-refractivity contribution is -0.137. The molecule has 0 aliphatic rings. The maximum Gasteiger partial charge on any atom is 0.339 e. The molecule has 0 radical (unpaired) electrons. The molecule has 6 N–H and O–H groups in total. The van der Waals surface area contributed by atoms with Gasteiger partial charge in [0.25, 0.3) is 0 Å². The topological polar surface area (TPSA) is 156 Å². The molecule has 0 heterocycles. The van der Waals surface area contributed by atoms with Crippen molar-refractivity contribution in [2.45, 2.75) is 13.0 Å². The molecular formula is C12H19N2O7P. The van der Waals surface area contributed by atoms with Gasteiger partial charge < -0.3 is 25.3 Å². The zero-order valence-electron chi connectivity index (χ0n) is 11.8. The molecule has 0 aromatic heterocycles. The highest BCUT2D eigenvalue weighted by atomic mass is 31.2. The second kappa shape index (κ2) is 9.91. The van der Waals surface area contributed by atoms with Crippen molar-refractivity contribution in [1.82, 2.24) is 5.32 Å². The van der Waals surface area contributed by atoms with E-state index in [1.165, 1.54) is 0 Å². The first kappa shape index (κ1) is 20.1. The minimum absolute atomic E-state index is 0.439. The van der Waals surface area contributed by atoms with E-state index in [0.29, 0.717) is 0 Å². The Bertz CT molecular complexity index is 517. The fraction of sp³-hybridized carbons (Fsp3) is 0.333. The largest absolute Gasteiger partial charge is 0.480 e. The molecule has 9 nitrogen and oxygen atoms in total. The molecule has 1 rings (SSSR count). The number of benzene rings is 1. The average molecular weight is 334 g/mol. The number of carboxylic acids is 2. The van der Waals surface area contributed by atoms with Crippen LogP contribution in [0.3, 0.4) is 0 Å². The Balaban J connectivity index is 0.000000409. The van der Waals surface area contributed by atoms with Gasteiger partial charge in [-0.05, 0) is 19.1 Å². The lowest BCUT2D eigenvalue weighted by Crippen LogP contribution is -2.25. The van der Waals surface area contributed by atoms with Crippen molar-refractivity contribution in [1.29, 1.82) is 0 Å². The van der Waals surface area contributed by atoms with Crippen LogP contribution in [0.1, 0.15) is 6.92 Å². The molecule has 0 fully saturated rings. The van der Waals surface area contributed by atoms with Crippen molar-refractivity contribution >= 4 is 25.2 Å². The first-order valence-corrected chi connectivity index (χ1v) is 7.93. The summed E-state index contributed by atoms with van der Waals surface area (Å²) >= 11 is 0. The zero-order valence-corrected chi connectivity index (χ0v) is 12.7. The van der Waals surface area contributed by atoms with Gasteiger partial charge in [0.05, 0.1) is 12.8 Å². The van der Waals surface area contributed by atoms with Crippen LogP contribution in [0.5, 0.6) is 0 Å². The van der Waals surface area contributed by atoms with Gasteiger partial charge in [-0.15, -0.1) is 0 Å². The number of hydrogen-bond acceptors (Lipinski definition) is 5. The van der Waals surface area contributed by atoms with E-state index in [2.05, 4.69) is 10.6 Å². The Morgan fingerprint density at radius 3 is 2.14 bits per heavy atom. The number of hydrogen-bond donors (Lipinski definition) is 6. The van der Waals surface area contributed by atoms with Gasteiger partial charge in [0, 0.05) is 5.69 Å². The summed E-state index contributed by atoms with van der Waals surface area (Å²) in [6.07, 6.45) is -0.598. The van der Waals surface area contributed by atoms with Crippen molar-refractivity contribution in [3.05, 3.63) is 30.3 Å². The first-order valence-electron chi connectivity index (χ1n) is 6.13. The van der Waals surface area contributed by atoms with Crippen LogP contribution in [0.15, 0.2) is 30.3 Å². The van der Waals surface area contributed by atoms with Crippen LogP contribution in [-0.4, -0.2) is 50.8 Å². The van der Waals surface area contributed by atoms with E-state index in [-0.39, 0.29) is 0 Å². The standard InChI is InChI=1S/C9H11NO2.C3H8NO5P/c1-7(9(11)12)10-8-5-3-2-4-6-8;5-3(6)1-4-2-10(7,8)9/h2-7,10H,1H3,(H,11,12);4H,1-2H2,(H,5,6)(H2,7,8,9). The fourth-order valence-electron chi connectivity index (χ4n) is 1.15. The Morgan fingerprint density at radius 1 is 1.18 bits per heavy atom. The number of rotatable bonds is 7. The van der Waals surface area contributed by atoms with Gasteiger partial charge in [0.1, 0.15) is 6.04 Å². The van der Waals surface area contributed by atoms with Gasteiger partial charge in [-0.3, -0.25) is 19.5 Å². The van der Waals surface area contributed by atoms with Gasteiger partial charge >= 0.3 is 19.5 Å². The minimum Gasteiger partial charge on any atom is -0.480 e. The molecule has 0 amide bonds. The first-order chi connectivity index (χ1) is 10.1. The second-order valence-electron chi connectivity index (χ2n) is 4.21. The van der Waals surface area contributed by atoms with Crippen molar-refractivity contribution < 1.29 is 34.2 Å². The van der Waals surface area contributed by atoms with Crippen LogP contribution in [0.2, 0.25) is 0 Å². The molecule has 0 bridgehead atoms. The average Bonchev–Trinajstić information content (AvgIpc) is 2.38. The summed E-state index contributed by atoms with van der Waals surface area (Å²) in [6, 6.07) is 8.72. The lowest BCUT2D eigenvalue weighted by Gasteiger charge is -2.09. The van der Waals surface area contributed by atoms with Crippen LogP contribution in [-0.2, 0) is 14.2 Å². The molecule has 1 aromatic rings. The van der Waals surface area contributed by atoms with Crippen molar-refractivity contribution in [2.24, 2.45) is 0 Å². The van der Waals surface area contributed by atoms with E-state index in [4.69, 9.17) is 20.0 Å². The maximum atomic E-state index is 10.4. The quantitative estimate of drug-likeness (QED) is 0.388. The molecule has 0 spiro atoms. The van der Waals surface area contributed by atoms with Crippen LogP contribution >= 0.6 is 7.60 Å². The van der Waals surface area contributed by atoms with E-state index < -0.39 is 38.4 Å². The molecule has 124 valence electrons. The number of anilines is 1. The summed E-state index contributed by atoms with van der Waals surface area (Å²) in [6.45, 7) is 1.17. The van der Waals surface area contributed by atoms with Gasteiger partial charge in [-0.25, -0.2) is 0 Å². The molecule has 0 aliphatic heterocycles. The maximum absolute atomic E-state index is 10.4. The molecule has 0 aliphatic carbocycles. The number of carbonyl (C=O) groups is 2. The van der Waals surface area contributed by atoms with Gasteiger partial charge in [-0.1, -0.05) is 18.2 Å². The third kappa shape index (κ3) is 11.9. The second-order valence-corrected chi connectivity index (χ2v) is 5.86. The summed E-state index contributed by atoms with van der Waals surface area (Å²) in [5.41, 5.74) is 0.826. The monoisotopic (exact) mass is 334 g/mol. The van der Waals surface area contributed by atoms with E-state index in [1.807, 2.05) is 30.3 Å². The molecule has 0 saturated heterocycles. The van der Waals surface area contributed by atoms with Crippen LogP contribution in [0.25, 0.3) is 0 Å². The summed E-state index contributed by atoms with van der Waals surface area (Å²) in [4.78, 5) is 36.6. The molecule has 0 saturated carbocycles. The third-order valence-electron chi connectivity index (χ3n) is 2.12. The molecule has 1 aromatic carbocycles. The Morgan fingerprint density at radius 2 is 1.73 bits per heavy atom. The van der Waals surface area contributed by atoms with Crippen molar-refractivity contribution in [3.63, 3.8) is 0 Å². The summed E-state index contributed by atoms with van der Waals surface area (Å²) in [5.74, 6) is -1.99. The van der Waals surface area contributed by atoms with Crippen LogP contribution < -0.4 is 10.6 Å². The molecular weight excluding hydrogens is 315 g/mol. The molecule has 10 heteroatoms. The molecule has 1 unspecified atom stereocenters. The predicted octanol–water partition coefficient (Wildman–Crippen LogP) is 0.367. The predicted molar refractivity (Wildman–Crippen MR) is 79.7 cm³/mol. The summed E-state index contributed by atoms with van der Waals surface area (Å²) in [5, 5.41) is 21.5. The van der Waals surface area contributed by atoms with Gasteiger partial charge in [0.2, 0.25) is 0 Å². The van der Waals surface area contributed by atoms with Crippen molar-refractivity contribution in [3.8, 4) is 0 Å². The third-order valence-corrected chi connectivity index (χ3v) is 2.76. The number of aliphatic carboxylic acids is 2. The Hall–Kier alpha value is -1.93. The normalized spacial score (nSPS) is 11.8. The van der Waals surface area contributed by atoms with Gasteiger partial charge in [-0.2, -0.15) is 0 Å². The summed E-state index contributed by atoms with van der Waals surface area (Å²) in [7, 11) is -4.10. The van der Waals surface area contributed by atoms with E-state index in [1.54, 1.807) is 6.92 Å². The van der Waals surface area contributed by atoms with Crippen molar-refractivity contribution in [2.75, 3.05) is 18.1 Å². The highest BCUT2D eigenvalue weighted by Gasteiger charge is 2.11. The lowest BCUT2D eigenvalue weighted by atomic mass is 10.3. The fourth-order valence-corrected chi connectivity index (χ4v) is 1.56. The highest BCUT2D eigenvalue weighted by Crippen LogP contribution is 2.31. The SMILES string of the molecule is CC(Nc1ccccc1)C(=O)O.O=C(O)CNCP(=O)(O)O. The highest BCUT2D eigenvalue weighted by molar-refractivity contribution is 7.51. The molecule has 22 heavy (non-hydrogen) atoms. The number of nitrogens with one attached hydrogen (secondary N) is 2. The Kier molecular flexibility index (Phi) is 9.04. The van der Waals surface area contributed by atoms with E-state index >= 15 is 0 Å². The van der Waals surface area contributed by atoms with Crippen LogP contribution in [0, 0.1) is 0 Å². The summed E-state index contributed by atoms with van der Waals surface area (Å²) < 4.78 is 10.1. The zero-order chi connectivity index (χ0) is 17.2. The van der Waals surface area contributed by atoms with E-state index in [0.717, 1.165) is 5.69 Å². The number of para-hydroxylation sites is 1. The number of carboxylic acid groups (broad SMARTS) is 2. The smallest absolute Gasteiger partial charge is 0.339 e.